The zero-order valence-corrected chi connectivity index (χ0v) is 11.1. The van der Waals surface area contributed by atoms with E-state index < -0.39 is 0 Å². The van der Waals surface area contributed by atoms with Gasteiger partial charge in [0.15, 0.2) is 0 Å². The van der Waals surface area contributed by atoms with Crippen LogP contribution in [0.2, 0.25) is 5.02 Å². The first kappa shape index (κ1) is 13.6. The van der Waals surface area contributed by atoms with Gasteiger partial charge in [-0.1, -0.05) is 32.4 Å². The Kier molecular flexibility index (Phi) is 4.16. The predicted octanol–water partition coefficient (Wildman–Crippen LogP) is 3.97. The Hall–Kier alpha value is -1.51. The van der Waals surface area contributed by atoms with Crippen molar-refractivity contribution >= 4 is 11.6 Å². The number of benzene rings is 1. The highest BCUT2D eigenvalue weighted by molar-refractivity contribution is 6.31. The lowest BCUT2D eigenvalue weighted by atomic mass is 9.78. The molecule has 1 aromatic carbocycles. The average Bonchev–Trinajstić information content (AvgIpc) is 2.29. The lowest BCUT2D eigenvalue weighted by Gasteiger charge is -2.26. The van der Waals surface area contributed by atoms with Crippen molar-refractivity contribution in [2.75, 3.05) is 0 Å². The van der Waals surface area contributed by atoms with Gasteiger partial charge in [-0.2, -0.15) is 10.5 Å². The molecule has 0 radical (unpaired) electrons. The summed E-state index contributed by atoms with van der Waals surface area (Å²) in [5, 5.41) is 18.3. The van der Waals surface area contributed by atoms with E-state index in [1.165, 1.54) is 0 Å². The molecule has 17 heavy (non-hydrogen) atoms. The van der Waals surface area contributed by atoms with Crippen LogP contribution in [0.5, 0.6) is 0 Å². The van der Waals surface area contributed by atoms with Crippen molar-refractivity contribution in [2.24, 2.45) is 0 Å². The topological polar surface area (TPSA) is 47.6 Å². The maximum Gasteiger partial charge on any atom is 0.101 e. The quantitative estimate of drug-likeness (QED) is 0.810. The fourth-order valence-electron chi connectivity index (χ4n) is 1.75. The second-order valence-corrected chi connectivity index (χ2v) is 5.08. The SMILES string of the molecule is CCC(C)(C)c1cc(C#N)c(Cl)cc1CC#N. The van der Waals surface area contributed by atoms with Gasteiger partial charge >= 0.3 is 0 Å². The van der Waals surface area contributed by atoms with Crippen LogP contribution < -0.4 is 0 Å². The van der Waals surface area contributed by atoms with Crippen molar-refractivity contribution in [2.45, 2.75) is 39.0 Å². The van der Waals surface area contributed by atoms with Crippen LogP contribution in [0.15, 0.2) is 12.1 Å². The highest BCUT2D eigenvalue weighted by Crippen LogP contribution is 2.33. The van der Waals surface area contributed by atoms with Crippen LogP contribution in [0.1, 0.15) is 43.9 Å². The molecule has 1 aromatic rings. The van der Waals surface area contributed by atoms with Gasteiger partial charge in [0.1, 0.15) is 6.07 Å². The van der Waals surface area contributed by atoms with E-state index in [0.29, 0.717) is 17.0 Å². The van der Waals surface area contributed by atoms with Crippen molar-refractivity contribution in [3.63, 3.8) is 0 Å². The Labute approximate surface area is 107 Å². The minimum atomic E-state index is -0.0532. The Morgan fingerprint density at radius 3 is 2.41 bits per heavy atom. The summed E-state index contributed by atoms with van der Waals surface area (Å²) >= 11 is 6.00. The van der Waals surface area contributed by atoms with Crippen molar-refractivity contribution in [3.05, 3.63) is 33.8 Å². The zero-order valence-electron chi connectivity index (χ0n) is 10.3. The molecule has 0 saturated heterocycles. The summed E-state index contributed by atoms with van der Waals surface area (Å²) in [7, 11) is 0. The van der Waals surface area contributed by atoms with E-state index >= 15 is 0 Å². The summed E-state index contributed by atoms with van der Waals surface area (Å²) in [5.74, 6) is 0. The summed E-state index contributed by atoms with van der Waals surface area (Å²) < 4.78 is 0. The number of rotatable bonds is 3. The summed E-state index contributed by atoms with van der Waals surface area (Å²) in [4.78, 5) is 0. The van der Waals surface area contributed by atoms with Crippen molar-refractivity contribution in [1.29, 1.82) is 10.5 Å². The van der Waals surface area contributed by atoms with Crippen LogP contribution in [-0.2, 0) is 11.8 Å². The van der Waals surface area contributed by atoms with Crippen LogP contribution in [0.25, 0.3) is 0 Å². The first-order chi connectivity index (χ1) is 7.96. The molecule has 2 nitrogen and oxygen atoms in total. The maximum absolute atomic E-state index is 9.00. The molecule has 0 N–H and O–H groups in total. The van der Waals surface area contributed by atoms with E-state index in [0.717, 1.165) is 17.5 Å². The molecule has 88 valence electrons. The van der Waals surface area contributed by atoms with Crippen molar-refractivity contribution in [3.8, 4) is 12.1 Å². The highest BCUT2D eigenvalue weighted by Gasteiger charge is 2.23. The molecule has 0 saturated carbocycles. The maximum atomic E-state index is 9.00. The fraction of sp³-hybridized carbons (Fsp3) is 0.429. The second-order valence-electron chi connectivity index (χ2n) is 4.67. The molecule has 3 heteroatoms. The van der Waals surface area contributed by atoms with Crippen LogP contribution in [0.3, 0.4) is 0 Å². The molecular weight excluding hydrogens is 232 g/mol. The third kappa shape index (κ3) is 2.78. The predicted molar refractivity (Wildman–Crippen MR) is 68.8 cm³/mol. The molecule has 0 heterocycles. The monoisotopic (exact) mass is 246 g/mol. The average molecular weight is 247 g/mol. The second kappa shape index (κ2) is 5.21. The lowest BCUT2D eigenvalue weighted by Crippen LogP contribution is -2.18. The van der Waals surface area contributed by atoms with Gasteiger partial charge < -0.3 is 0 Å². The van der Waals surface area contributed by atoms with Crippen molar-refractivity contribution in [1.82, 2.24) is 0 Å². The molecule has 0 fully saturated rings. The normalized spacial score (nSPS) is 10.7. The summed E-state index contributed by atoms with van der Waals surface area (Å²) in [6, 6.07) is 7.79. The first-order valence-corrected chi connectivity index (χ1v) is 5.94. The molecule has 0 atom stereocenters. The van der Waals surface area contributed by atoms with E-state index in [-0.39, 0.29) is 5.41 Å². The number of hydrogen-bond donors (Lipinski definition) is 0. The van der Waals surface area contributed by atoms with Gasteiger partial charge in [0.25, 0.3) is 0 Å². The van der Waals surface area contributed by atoms with Gasteiger partial charge in [0.2, 0.25) is 0 Å². The van der Waals surface area contributed by atoms with Gasteiger partial charge in [0, 0.05) is 0 Å². The largest absolute Gasteiger partial charge is 0.198 e. The zero-order chi connectivity index (χ0) is 13.1. The van der Waals surface area contributed by atoms with Crippen LogP contribution in [0.4, 0.5) is 0 Å². The molecule has 0 aliphatic heterocycles. The minimum absolute atomic E-state index is 0.0532. The van der Waals surface area contributed by atoms with Gasteiger partial charge in [-0.3, -0.25) is 0 Å². The fourth-order valence-corrected chi connectivity index (χ4v) is 1.98. The molecule has 0 bridgehead atoms. The van der Waals surface area contributed by atoms with Gasteiger partial charge in [-0.05, 0) is 35.1 Å². The smallest absolute Gasteiger partial charge is 0.101 e. The standard InChI is InChI=1S/C14H15ClN2/c1-4-14(2,3)12-7-11(9-17)13(15)8-10(12)5-6-16/h7-8H,4-5H2,1-3H3. The van der Waals surface area contributed by atoms with Gasteiger partial charge in [0.05, 0.1) is 23.1 Å². The van der Waals surface area contributed by atoms with E-state index in [4.69, 9.17) is 22.1 Å². The summed E-state index contributed by atoms with van der Waals surface area (Å²) in [5.41, 5.74) is 2.39. The Morgan fingerprint density at radius 2 is 1.94 bits per heavy atom. The molecule has 0 aliphatic rings. The van der Waals surface area contributed by atoms with E-state index in [2.05, 4.69) is 32.9 Å². The Balaban J connectivity index is 3.46. The van der Waals surface area contributed by atoms with Crippen LogP contribution >= 0.6 is 11.6 Å². The third-order valence-electron chi connectivity index (χ3n) is 3.20. The molecule has 0 unspecified atom stereocenters. The first-order valence-electron chi connectivity index (χ1n) is 5.56. The van der Waals surface area contributed by atoms with Gasteiger partial charge in [-0.25, -0.2) is 0 Å². The molecule has 0 aliphatic carbocycles. The molecule has 0 aromatic heterocycles. The molecule has 0 spiro atoms. The van der Waals surface area contributed by atoms with Gasteiger partial charge in [-0.15, -0.1) is 0 Å². The van der Waals surface area contributed by atoms with E-state index in [9.17, 15) is 0 Å². The third-order valence-corrected chi connectivity index (χ3v) is 3.51. The molecule has 1 rings (SSSR count). The lowest BCUT2D eigenvalue weighted by molar-refractivity contribution is 0.502. The number of hydrogen-bond acceptors (Lipinski definition) is 2. The highest BCUT2D eigenvalue weighted by atomic mass is 35.5. The Bertz CT molecular complexity index is 504. The molecule has 0 amide bonds. The number of halogens is 1. The van der Waals surface area contributed by atoms with E-state index in [1.54, 1.807) is 6.07 Å². The van der Waals surface area contributed by atoms with Crippen molar-refractivity contribution < 1.29 is 0 Å². The van der Waals surface area contributed by atoms with Crippen LogP contribution in [0, 0.1) is 22.7 Å². The van der Waals surface area contributed by atoms with Crippen LogP contribution in [-0.4, -0.2) is 0 Å². The molecular formula is C14H15ClN2. The number of nitriles is 2. The van der Waals surface area contributed by atoms with E-state index in [1.807, 2.05) is 6.07 Å². The Morgan fingerprint density at radius 1 is 1.29 bits per heavy atom. The summed E-state index contributed by atoms with van der Waals surface area (Å²) in [6.45, 7) is 6.31. The minimum Gasteiger partial charge on any atom is -0.198 e. The summed E-state index contributed by atoms with van der Waals surface area (Å²) in [6.07, 6.45) is 1.27. The number of nitrogens with zero attached hydrogens (tertiary/aromatic N) is 2.